The summed E-state index contributed by atoms with van der Waals surface area (Å²) in [6, 6.07) is 13.6. The quantitative estimate of drug-likeness (QED) is 0.359. The van der Waals surface area contributed by atoms with Gasteiger partial charge in [0.25, 0.3) is 5.56 Å². The normalized spacial score (nSPS) is 11.2. The van der Waals surface area contributed by atoms with Crippen molar-refractivity contribution >= 4 is 45.2 Å². The Bertz CT molecular complexity index is 1450. The first-order valence-electron chi connectivity index (χ1n) is 10.3. The molecule has 0 aliphatic rings. The summed E-state index contributed by atoms with van der Waals surface area (Å²) in [5.74, 6) is 0.393. The van der Waals surface area contributed by atoms with Crippen molar-refractivity contribution in [3.63, 3.8) is 0 Å². The summed E-state index contributed by atoms with van der Waals surface area (Å²) in [6.45, 7) is 2.00. The smallest absolute Gasteiger partial charge is 0.325 e. The SMILES string of the molecule is CCCc1nc(SCC(=O)Nc2cccc3ccccc23)c2c(=O)n(C)c(=O)n(C)c2n1. The maximum atomic E-state index is 12.8. The molecule has 0 saturated heterocycles. The van der Waals surface area contributed by atoms with E-state index < -0.39 is 11.2 Å². The number of hydrogen-bond donors (Lipinski definition) is 1. The molecule has 0 saturated carbocycles. The van der Waals surface area contributed by atoms with Crippen molar-refractivity contribution in [3.05, 3.63) is 69.1 Å². The van der Waals surface area contributed by atoms with E-state index in [0.717, 1.165) is 27.4 Å². The van der Waals surface area contributed by atoms with Crippen LogP contribution in [0.4, 0.5) is 5.69 Å². The molecular formula is C23H23N5O3S. The molecule has 2 aromatic heterocycles. The average molecular weight is 450 g/mol. The average Bonchev–Trinajstić information content (AvgIpc) is 2.80. The molecule has 8 nitrogen and oxygen atoms in total. The summed E-state index contributed by atoms with van der Waals surface area (Å²) in [5.41, 5.74) is 0.0937. The van der Waals surface area contributed by atoms with Crippen LogP contribution in [0.5, 0.6) is 0 Å². The zero-order chi connectivity index (χ0) is 22.8. The fraction of sp³-hybridized carbons (Fsp3) is 0.261. The number of amides is 1. The number of aromatic nitrogens is 4. The van der Waals surface area contributed by atoms with Crippen molar-refractivity contribution in [2.75, 3.05) is 11.1 Å². The van der Waals surface area contributed by atoms with Crippen molar-refractivity contribution in [2.45, 2.75) is 24.8 Å². The minimum atomic E-state index is -0.469. The van der Waals surface area contributed by atoms with E-state index in [4.69, 9.17) is 0 Å². The van der Waals surface area contributed by atoms with Crippen molar-refractivity contribution in [1.82, 2.24) is 19.1 Å². The summed E-state index contributed by atoms with van der Waals surface area (Å²) in [5, 5.41) is 5.59. The number of fused-ring (bicyclic) bond motifs is 2. The lowest BCUT2D eigenvalue weighted by molar-refractivity contribution is -0.113. The Morgan fingerprint density at radius 2 is 1.78 bits per heavy atom. The van der Waals surface area contributed by atoms with Crippen molar-refractivity contribution < 1.29 is 4.79 Å². The van der Waals surface area contributed by atoms with Crippen LogP contribution >= 0.6 is 11.8 Å². The Labute approximate surface area is 188 Å². The molecule has 4 rings (SSSR count). The molecule has 2 heterocycles. The Hall–Kier alpha value is -3.46. The molecule has 32 heavy (non-hydrogen) atoms. The molecule has 0 spiro atoms. The van der Waals surface area contributed by atoms with E-state index >= 15 is 0 Å². The third-order valence-electron chi connectivity index (χ3n) is 5.19. The molecule has 0 fully saturated rings. The summed E-state index contributed by atoms with van der Waals surface area (Å²) >= 11 is 1.17. The minimum Gasteiger partial charge on any atom is -0.325 e. The zero-order valence-electron chi connectivity index (χ0n) is 18.1. The van der Waals surface area contributed by atoms with Gasteiger partial charge in [0.15, 0.2) is 5.65 Å². The van der Waals surface area contributed by atoms with E-state index in [2.05, 4.69) is 15.3 Å². The first-order chi connectivity index (χ1) is 15.4. The van der Waals surface area contributed by atoms with E-state index in [9.17, 15) is 14.4 Å². The van der Waals surface area contributed by atoms with Gasteiger partial charge in [0.05, 0.1) is 5.75 Å². The van der Waals surface area contributed by atoms with Crippen LogP contribution in [-0.2, 0) is 25.3 Å². The number of hydrogen-bond acceptors (Lipinski definition) is 6. The van der Waals surface area contributed by atoms with Gasteiger partial charge >= 0.3 is 5.69 Å². The second-order valence-electron chi connectivity index (χ2n) is 7.46. The molecular weight excluding hydrogens is 426 g/mol. The van der Waals surface area contributed by atoms with Crippen LogP contribution in [0.2, 0.25) is 0 Å². The van der Waals surface area contributed by atoms with Crippen molar-refractivity contribution in [3.8, 4) is 0 Å². The zero-order valence-corrected chi connectivity index (χ0v) is 18.9. The number of nitrogens with one attached hydrogen (secondary N) is 1. The first-order valence-corrected chi connectivity index (χ1v) is 11.3. The monoisotopic (exact) mass is 449 g/mol. The molecule has 1 amide bonds. The fourth-order valence-corrected chi connectivity index (χ4v) is 4.40. The second-order valence-corrected chi connectivity index (χ2v) is 8.43. The Morgan fingerprint density at radius 1 is 1.03 bits per heavy atom. The third-order valence-corrected chi connectivity index (χ3v) is 6.17. The molecule has 2 aromatic carbocycles. The summed E-state index contributed by atoms with van der Waals surface area (Å²) < 4.78 is 2.38. The highest BCUT2D eigenvalue weighted by Gasteiger charge is 2.18. The number of benzene rings is 2. The number of aryl methyl sites for hydroxylation is 2. The lowest BCUT2D eigenvalue weighted by Gasteiger charge is -2.12. The van der Waals surface area contributed by atoms with Crippen molar-refractivity contribution in [2.24, 2.45) is 14.1 Å². The maximum Gasteiger partial charge on any atom is 0.332 e. The maximum absolute atomic E-state index is 12.8. The van der Waals surface area contributed by atoms with Gasteiger partial charge in [0.1, 0.15) is 16.2 Å². The van der Waals surface area contributed by atoms with Gasteiger partial charge in [-0.2, -0.15) is 0 Å². The predicted molar refractivity (Wildman–Crippen MR) is 127 cm³/mol. The molecule has 0 aliphatic heterocycles. The summed E-state index contributed by atoms with van der Waals surface area (Å²) in [7, 11) is 3.00. The van der Waals surface area contributed by atoms with Crippen LogP contribution < -0.4 is 16.6 Å². The second kappa shape index (κ2) is 8.96. The van der Waals surface area contributed by atoms with Crippen LogP contribution in [0.25, 0.3) is 21.8 Å². The van der Waals surface area contributed by atoms with Gasteiger partial charge in [-0.15, -0.1) is 0 Å². The molecule has 4 aromatic rings. The van der Waals surface area contributed by atoms with Crippen LogP contribution in [0.15, 0.2) is 57.1 Å². The van der Waals surface area contributed by atoms with Gasteiger partial charge in [0.2, 0.25) is 5.91 Å². The lowest BCUT2D eigenvalue weighted by Crippen LogP contribution is -2.38. The fourth-order valence-electron chi connectivity index (χ4n) is 3.57. The van der Waals surface area contributed by atoms with Gasteiger partial charge in [-0.1, -0.05) is 55.1 Å². The number of carbonyl (C=O) groups excluding carboxylic acids is 1. The van der Waals surface area contributed by atoms with E-state index in [1.54, 1.807) is 7.05 Å². The molecule has 0 bridgehead atoms. The first kappa shape index (κ1) is 21.8. The molecule has 9 heteroatoms. The van der Waals surface area contributed by atoms with E-state index in [0.29, 0.717) is 17.3 Å². The van der Waals surface area contributed by atoms with Crippen LogP contribution in [-0.4, -0.2) is 30.8 Å². The number of nitrogens with zero attached hydrogens (tertiary/aromatic N) is 4. The third kappa shape index (κ3) is 4.03. The van der Waals surface area contributed by atoms with Gasteiger partial charge in [-0.25, -0.2) is 14.8 Å². The van der Waals surface area contributed by atoms with E-state index in [1.807, 2.05) is 49.4 Å². The number of thioether (sulfide) groups is 1. The summed E-state index contributed by atoms with van der Waals surface area (Å²) in [4.78, 5) is 46.9. The number of anilines is 1. The molecule has 0 aliphatic carbocycles. The van der Waals surface area contributed by atoms with Gasteiger partial charge in [-0.3, -0.25) is 18.7 Å². The van der Waals surface area contributed by atoms with Gasteiger partial charge in [-0.05, 0) is 17.9 Å². The van der Waals surface area contributed by atoms with E-state index in [1.165, 1.54) is 23.4 Å². The highest BCUT2D eigenvalue weighted by molar-refractivity contribution is 8.00. The number of carbonyl (C=O) groups is 1. The predicted octanol–water partition coefficient (Wildman–Crippen LogP) is 2.86. The topological polar surface area (TPSA) is 98.9 Å². The van der Waals surface area contributed by atoms with Gasteiger partial charge < -0.3 is 5.32 Å². The highest BCUT2D eigenvalue weighted by Crippen LogP contribution is 2.25. The van der Waals surface area contributed by atoms with Gasteiger partial charge in [0, 0.05) is 31.6 Å². The highest BCUT2D eigenvalue weighted by atomic mass is 32.2. The van der Waals surface area contributed by atoms with Crippen LogP contribution in [0.1, 0.15) is 19.2 Å². The van der Waals surface area contributed by atoms with E-state index in [-0.39, 0.29) is 22.7 Å². The van der Waals surface area contributed by atoms with Crippen molar-refractivity contribution in [1.29, 1.82) is 0 Å². The molecule has 0 unspecified atom stereocenters. The molecule has 164 valence electrons. The minimum absolute atomic E-state index is 0.0624. The lowest BCUT2D eigenvalue weighted by atomic mass is 10.1. The summed E-state index contributed by atoms with van der Waals surface area (Å²) in [6.07, 6.45) is 1.42. The Kier molecular flexibility index (Phi) is 6.09. The van der Waals surface area contributed by atoms with Crippen LogP contribution in [0, 0.1) is 0 Å². The molecule has 1 N–H and O–H groups in total. The molecule has 0 radical (unpaired) electrons. The number of rotatable bonds is 6. The standard InChI is InChI=1S/C23H23N5O3S/c1-4-8-17-25-20-19(22(30)28(3)23(31)27(20)2)21(26-17)32-13-18(29)24-16-12-7-10-14-9-5-6-11-15(14)16/h5-7,9-12H,4,8,13H2,1-3H3,(H,24,29). The Morgan fingerprint density at radius 3 is 2.56 bits per heavy atom. The largest absolute Gasteiger partial charge is 0.332 e. The molecule has 0 atom stereocenters. The Balaban J connectivity index is 1.67. The van der Waals surface area contributed by atoms with Crippen LogP contribution in [0.3, 0.4) is 0 Å².